The molecule has 3 rings (SSSR count). The molecule has 0 fully saturated rings. The molecule has 1 amide bonds. The van der Waals surface area contributed by atoms with Crippen LogP contribution in [0.25, 0.3) is 0 Å². The minimum absolute atomic E-state index is 0.0620. The number of hydrogen-bond donors (Lipinski definition) is 2. The van der Waals surface area contributed by atoms with Gasteiger partial charge in [0, 0.05) is 5.56 Å². The molecule has 7 heteroatoms. The Kier molecular flexibility index (Phi) is 5.31. The molecular formula is C19H16N2O4S. The molecule has 6 nitrogen and oxygen atoms in total. The smallest absolute Gasteiger partial charge is 0.266 e. The van der Waals surface area contributed by atoms with Crippen LogP contribution in [0.3, 0.4) is 0 Å². The first kappa shape index (κ1) is 17.7. The molecule has 0 unspecified atom stereocenters. The van der Waals surface area contributed by atoms with Gasteiger partial charge in [0.1, 0.15) is 11.5 Å². The van der Waals surface area contributed by atoms with E-state index in [0.717, 1.165) is 0 Å². The van der Waals surface area contributed by atoms with Gasteiger partial charge in [0.05, 0.1) is 4.90 Å². The standard InChI is InChI=1S/C19H16N2O4S/c22-19(20-21-26(23,24)18-9-5-2-6-10-18)15-11-13-17(14-12-15)25-16-7-3-1-4-8-16/h1-14,21H,(H,20,22). The molecule has 2 N–H and O–H groups in total. The molecule has 0 saturated heterocycles. The first-order valence-electron chi connectivity index (χ1n) is 7.75. The van der Waals surface area contributed by atoms with Gasteiger partial charge in [-0.05, 0) is 48.5 Å². The number of carbonyl (C=O) groups is 1. The highest BCUT2D eigenvalue weighted by atomic mass is 32.2. The fourth-order valence-corrected chi connectivity index (χ4v) is 3.00. The number of sulfonamides is 1. The monoisotopic (exact) mass is 368 g/mol. The number of carbonyl (C=O) groups excluding carboxylic acids is 1. The summed E-state index contributed by atoms with van der Waals surface area (Å²) in [4.78, 5) is 14.2. The van der Waals surface area contributed by atoms with E-state index in [1.807, 2.05) is 30.3 Å². The normalized spacial score (nSPS) is 10.9. The number of hydrazine groups is 1. The largest absolute Gasteiger partial charge is 0.457 e. The maximum atomic E-state index is 12.1. The molecular weight excluding hydrogens is 352 g/mol. The Morgan fingerprint density at radius 1 is 0.731 bits per heavy atom. The molecule has 0 aliphatic carbocycles. The first-order valence-corrected chi connectivity index (χ1v) is 9.23. The van der Waals surface area contributed by atoms with E-state index in [1.165, 1.54) is 12.1 Å². The van der Waals surface area contributed by atoms with Crippen LogP contribution in [0.2, 0.25) is 0 Å². The molecule has 0 saturated carbocycles. The molecule has 0 aliphatic rings. The highest BCUT2D eigenvalue weighted by molar-refractivity contribution is 7.89. The topological polar surface area (TPSA) is 84.5 Å². The van der Waals surface area contributed by atoms with Crippen LogP contribution in [0.1, 0.15) is 10.4 Å². The van der Waals surface area contributed by atoms with Crippen molar-refractivity contribution in [2.24, 2.45) is 0 Å². The van der Waals surface area contributed by atoms with Gasteiger partial charge < -0.3 is 4.74 Å². The highest BCUT2D eigenvalue weighted by Gasteiger charge is 2.15. The minimum Gasteiger partial charge on any atom is -0.457 e. The summed E-state index contributed by atoms with van der Waals surface area (Å²) < 4.78 is 29.8. The highest BCUT2D eigenvalue weighted by Crippen LogP contribution is 2.21. The Labute approximate surface area is 151 Å². The number of para-hydroxylation sites is 1. The lowest BCUT2D eigenvalue weighted by Crippen LogP contribution is -2.41. The molecule has 0 spiro atoms. The molecule has 3 aromatic rings. The van der Waals surface area contributed by atoms with Crippen LogP contribution in [-0.2, 0) is 10.0 Å². The summed E-state index contributed by atoms with van der Waals surface area (Å²) in [6.07, 6.45) is 0. The lowest BCUT2D eigenvalue weighted by molar-refractivity contribution is 0.0945. The van der Waals surface area contributed by atoms with Crippen LogP contribution in [0.15, 0.2) is 89.8 Å². The number of amides is 1. The molecule has 0 radical (unpaired) electrons. The van der Waals surface area contributed by atoms with Crippen molar-refractivity contribution in [3.63, 3.8) is 0 Å². The molecule has 132 valence electrons. The SMILES string of the molecule is O=C(NNS(=O)(=O)c1ccccc1)c1ccc(Oc2ccccc2)cc1. The van der Waals surface area contributed by atoms with Crippen molar-refractivity contribution in [3.8, 4) is 11.5 Å². The first-order chi connectivity index (χ1) is 12.5. The average Bonchev–Trinajstić information content (AvgIpc) is 2.68. The summed E-state index contributed by atoms with van der Waals surface area (Å²) in [5.41, 5.74) is 2.48. The van der Waals surface area contributed by atoms with Crippen LogP contribution >= 0.6 is 0 Å². The van der Waals surface area contributed by atoms with Crippen molar-refractivity contribution < 1.29 is 17.9 Å². The lowest BCUT2D eigenvalue weighted by atomic mass is 10.2. The van der Waals surface area contributed by atoms with Crippen LogP contribution in [0, 0.1) is 0 Å². The third-order valence-corrected chi connectivity index (χ3v) is 4.71. The fourth-order valence-electron chi connectivity index (χ4n) is 2.14. The van der Waals surface area contributed by atoms with Gasteiger partial charge in [0.25, 0.3) is 15.9 Å². The van der Waals surface area contributed by atoms with Crippen LogP contribution < -0.4 is 15.0 Å². The van der Waals surface area contributed by atoms with Crippen molar-refractivity contribution in [2.45, 2.75) is 4.90 Å². The second-order valence-corrected chi connectivity index (χ2v) is 6.99. The van der Waals surface area contributed by atoms with Gasteiger partial charge in [-0.1, -0.05) is 36.4 Å². The van der Waals surface area contributed by atoms with Crippen LogP contribution in [0.5, 0.6) is 11.5 Å². The van der Waals surface area contributed by atoms with Gasteiger partial charge >= 0.3 is 0 Å². The number of rotatable bonds is 6. The summed E-state index contributed by atoms with van der Waals surface area (Å²) in [6, 6.07) is 23.4. The number of nitrogens with one attached hydrogen (secondary N) is 2. The zero-order valence-corrected chi connectivity index (χ0v) is 14.4. The van der Waals surface area contributed by atoms with E-state index in [0.29, 0.717) is 17.1 Å². The van der Waals surface area contributed by atoms with E-state index in [4.69, 9.17) is 4.74 Å². The third-order valence-electron chi connectivity index (χ3n) is 3.45. The molecule has 0 atom stereocenters. The molecule has 0 aliphatic heterocycles. The zero-order chi connectivity index (χ0) is 18.4. The summed E-state index contributed by atoms with van der Waals surface area (Å²) in [7, 11) is -3.82. The predicted octanol–water partition coefficient (Wildman–Crippen LogP) is 3.10. The quantitative estimate of drug-likeness (QED) is 0.655. The summed E-state index contributed by atoms with van der Waals surface area (Å²) in [5, 5.41) is 0. The van der Waals surface area contributed by atoms with Crippen molar-refractivity contribution in [2.75, 3.05) is 0 Å². The summed E-state index contributed by atoms with van der Waals surface area (Å²) in [6.45, 7) is 0. The molecule has 0 aromatic heterocycles. The molecule has 3 aromatic carbocycles. The van der Waals surface area contributed by atoms with E-state index >= 15 is 0 Å². The Hall–Kier alpha value is -3.16. The van der Waals surface area contributed by atoms with E-state index in [9.17, 15) is 13.2 Å². The van der Waals surface area contributed by atoms with Gasteiger partial charge in [-0.2, -0.15) is 0 Å². The van der Waals surface area contributed by atoms with Crippen LogP contribution in [0.4, 0.5) is 0 Å². The van der Waals surface area contributed by atoms with E-state index < -0.39 is 15.9 Å². The van der Waals surface area contributed by atoms with E-state index in [1.54, 1.807) is 42.5 Å². The lowest BCUT2D eigenvalue weighted by Gasteiger charge is -2.09. The maximum Gasteiger partial charge on any atom is 0.266 e. The maximum absolute atomic E-state index is 12.1. The molecule has 0 bridgehead atoms. The van der Waals surface area contributed by atoms with Gasteiger partial charge in [-0.25, -0.2) is 8.42 Å². The van der Waals surface area contributed by atoms with Crippen molar-refractivity contribution >= 4 is 15.9 Å². The van der Waals surface area contributed by atoms with Gasteiger partial charge in [0.2, 0.25) is 0 Å². The molecule has 26 heavy (non-hydrogen) atoms. The minimum atomic E-state index is -3.82. The van der Waals surface area contributed by atoms with Crippen LogP contribution in [-0.4, -0.2) is 14.3 Å². The number of benzene rings is 3. The van der Waals surface area contributed by atoms with Gasteiger partial charge in [-0.3, -0.25) is 10.2 Å². The van der Waals surface area contributed by atoms with Gasteiger partial charge in [0.15, 0.2) is 0 Å². The predicted molar refractivity (Wildman–Crippen MR) is 97.2 cm³/mol. The second kappa shape index (κ2) is 7.81. The Bertz CT molecular complexity index is 973. The second-order valence-electron chi connectivity index (χ2n) is 5.31. The van der Waals surface area contributed by atoms with Crippen molar-refractivity contribution in [3.05, 3.63) is 90.5 Å². The summed E-state index contributed by atoms with van der Waals surface area (Å²) >= 11 is 0. The van der Waals surface area contributed by atoms with Crippen molar-refractivity contribution in [1.82, 2.24) is 10.3 Å². The Balaban J connectivity index is 1.62. The fraction of sp³-hybridized carbons (Fsp3) is 0. The van der Waals surface area contributed by atoms with E-state index in [-0.39, 0.29) is 4.90 Å². The van der Waals surface area contributed by atoms with Crippen molar-refractivity contribution in [1.29, 1.82) is 0 Å². The number of ether oxygens (including phenoxy) is 1. The zero-order valence-electron chi connectivity index (χ0n) is 13.6. The Morgan fingerprint density at radius 3 is 1.88 bits per heavy atom. The summed E-state index contributed by atoms with van der Waals surface area (Å²) in [5.74, 6) is 0.675. The third kappa shape index (κ3) is 4.47. The molecule has 0 heterocycles. The number of hydrogen-bond acceptors (Lipinski definition) is 4. The van der Waals surface area contributed by atoms with E-state index in [2.05, 4.69) is 10.3 Å². The Morgan fingerprint density at radius 2 is 1.27 bits per heavy atom. The average molecular weight is 368 g/mol. The van der Waals surface area contributed by atoms with Gasteiger partial charge in [-0.15, -0.1) is 4.83 Å².